The molecule has 3 heterocycles. The van der Waals surface area contributed by atoms with Crippen molar-refractivity contribution in [2.75, 3.05) is 6.54 Å². The summed E-state index contributed by atoms with van der Waals surface area (Å²) in [7, 11) is 0. The molecule has 2 aromatic heterocycles. The van der Waals surface area contributed by atoms with Crippen molar-refractivity contribution < 1.29 is 4.79 Å². The Hall–Kier alpha value is -3.54. The highest BCUT2D eigenvalue weighted by Crippen LogP contribution is 2.32. The maximum Gasteiger partial charge on any atom is 0.318 e. The van der Waals surface area contributed by atoms with Crippen molar-refractivity contribution >= 4 is 16.9 Å². The number of rotatable bonds is 4. The maximum atomic E-state index is 13.1. The first kappa shape index (κ1) is 18.5. The summed E-state index contributed by atoms with van der Waals surface area (Å²) in [6, 6.07) is 20.5. The Morgan fingerprint density at radius 3 is 2.90 bits per heavy atom. The van der Waals surface area contributed by atoms with E-state index in [4.69, 9.17) is 0 Å². The zero-order chi connectivity index (χ0) is 20.3. The van der Waals surface area contributed by atoms with Crippen LogP contribution in [0.3, 0.4) is 0 Å². The van der Waals surface area contributed by atoms with E-state index in [2.05, 4.69) is 39.7 Å². The lowest BCUT2D eigenvalue weighted by molar-refractivity contribution is 0.149. The molecule has 2 N–H and O–H groups in total. The average Bonchev–Trinajstić information content (AvgIpc) is 3.48. The second-order valence-electron chi connectivity index (χ2n) is 7.80. The van der Waals surface area contributed by atoms with Crippen molar-refractivity contribution in [2.45, 2.75) is 31.8 Å². The van der Waals surface area contributed by atoms with E-state index in [1.807, 2.05) is 52.2 Å². The van der Waals surface area contributed by atoms with E-state index in [0.717, 1.165) is 48.3 Å². The Balaban J connectivity index is 1.30. The summed E-state index contributed by atoms with van der Waals surface area (Å²) in [5, 5.41) is 8.58. The second-order valence-corrected chi connectivity index (χ2v) is 7.80. The largest absolute Gasteiger partial charge is 0.357 e. The number of para-hydroxylation sites is 1. The number of benzene rings is 2. The summed E-state index contributed by atoms with van der Waals surface area (Å²) in [6.07, 6.45) is 6.83. The highest BCUT2D eigenvalue weighted by molar-refractivity contribution is 5.81. The number of piperidine rings is 1. The van der Waals surface area contributed by atoms with Crippen LogP contribution in [0.1, 0.15) is 36.6 Å². The molecule has 4 aromatic rings. The van der Waals surface area contributed by atoms with Crippen LogP contribution in [0.4, 0.5) is 4.79 Å². The Bertz CT molecular complexity index is 1110. The van der Waals surface area contributed by atoms with Crippen LogP contribution < -0.4 is 5.32 Å². The van der Waals surface area contributed by atoms with Crippen LogP contribution in [0.15, 0.2) is 73.1 Å². The van der Waals surface area contributed by atoms with Gasteiger partial charge in [-0.15, -0.1) is 0 Å². The first-order valence-corrected chi connectivity index (χ1v) is 10.5. The van der Waals surface area contributed by atoms with E-state index in [0.29, 0.717) is 6.54 Å². The van der Waals surface area contributed by atoms with Crippen LogP contribution in [-0.2, 0) is 6.54 Å². The van der Waals surface area contributed by atoms with E-state index in [-0.39, 0.29) is 12.1 Å². The number of carbonyl (C=O) groups excluding carboxylic acids is 1. The number of hydrogen-bond donors (Lipinski definition) is 2. The van der Waals surface area contributed by atoms with Gasteiger partial charge in [-0.25, -0.2) is 9.48 Å². The Kier molecular flexibility index (Phi) is 4.97. The molecule has 2 amide bonds. The summed E-state index contributed by atoms with van der Waals surface area (Å²) in [5.41, 5.74) is 4.27. The predicted octanol–water partition coefficient (Wildman–Crippen LogP) is 4.79. The smallest absolute Gasteiger partial charge is 0.318 e. The van der Waals surface area contributed by atoms with Gasteiger partial charge in [0.25, 0.3) is 0 Å². The number of carbonyl (C=O) groups is 1. The molecule has 0 radical (unpaired) electrons. The monoisotopic (exact) mass is 399 g/mol. The van der Waals surface area contributed by atoms with Crippen LogP contribution in [0, 0.1) is 0 Å². The van der Waals surface area contributed by atoms with E-state index in [1.54, 1.807) is 6.20 Å². The summed E-state index contributed by atoms with van der Waals surface area (Å²) in [4.78, 5) is 18.6. The summed E-state index contributed by atoms with van der Waals surface area (Å²) >= 11 is 0. The molecule has 1 unspecified atom stereocenters. The van der Waals surface area contributed by atoms with E-state index < -0.39 is 0 Å². The van der Waals surface area contributed by atoms with Gasteiger partial charge in [-0.3, -0.25) is 0 Å². The fourth-order valence-electron chi connectivity index (χ4n) is 4.28. The Labute approximate surface area is 175 Å². The molecule has 0 bridgehead atoms. The molecule has 0 spiro atoms. The number of hydrogen-bond acceptors (Lipinski definition) is 2. The summed E-state index contributed by atoms with van der Waals surface area (Å²) in [6.45, 7) is 1.27. The lowest BCUT2D eigenvalue weighted by Crippen LogP contribution is -2.44. The van der Waals surface area contributed by atoms with Crippen molar-refractivity contribution in [3.63, 3.8) is 0 Å². The number of aromatic amines is 1. The quantitative estimate of drug-likeness (QED) is 0.518. The van der Waals surface area contributed by atoms with Gasteiger partial charge in [0, 0.05) is 36.7 Å². The van der Waals surface area contributed by atoms with Crippen LogP contribution in [0.2, 0.25) is 0 Å². The third-order valence-corrected chi connectivity index (χ3v) is 5.80. The third kappa shape index (κ3) is 3.68. The molecule has 1 aliphatic heterocycles. The molecule has 6 nitrogen and oxygen atoms in total. The van der Waals surface area contributed by atoms with Gasteiger partial charge in [-0.05, 0) is 60.5 Å². The van der Waals surface area contributed by atoms with Crippen molar-refractivity contribution in [2.24, 2.45) is 0 Å². The average molecular weight is 399 g/mol. The zero-order valence-electron chi connectivity index (χ0n) is 16.8. The first-order chi connectivity index (χ1) is 14.8. The lowest BCUT2D eigenvalue weighted by Gasteiger charge is -2.35. The SMILES string of the molecule is O=C(NCc1cccc(-n2cccn2)c1)N1CCCCC1c1cc2ccccc2[nH]1. The van der Waals surface area contributed by atoms with Gasteiger partial charge in [0.15, 0.2) is 0 Å². The fraction of sp³-hybridized carbons (Fsp3) is 0.250. The van der Waals surface area contributed by atoms with E-state index >= 15 is 0 Å². The minimum Gasteiger partial charge on any atom is -0.357 e. The van der Waals surface area contributed by atoms with Crippen molar-refractivity contribution in [3.05, 3.63) is 84.3 Å². The predicted molar refractivity (Wildman–Crippen MR) is 117 cm³/mol. The number of aromatic nitrogens is 3. The molecule has 152 valence electrons. The van der Waals surface area contributed by atoms with E-state index in [1.165, 1.54) is 5.39 Å². The van der Waals surface area contributed by atoms with Gasteiger partial charge in [0.1, 0.15) is 0 Å². The molecular formula is C24H25N5O. The minimum atomic E-state index is -0.0113. The number of nitrogens with zero attached hydrogens (tertiary/aromatic N) is 3. The van der Waals surface area contributed by atoms with Crippen molar-refractivity contribution in [1.82, 2.24) is 25.0 Å². The van der Waals surface area contributed by atoms with Crippen LogP contribution in [-0.4, -0.2) is 32.2 Å². The molecule has 2 aromatic carbocycles. The highest BCUT2D eigenvalue weighted by Gasteiger charge is 2.29. The molecule has 1 fully saturated rings. The molecule has 6 heteroatoms. The van der Waals surface area contributed by atoms with Crippen LogP contribution in [0.5, 0.6) is 0 Å². The van der Waals surface area contributed by atoms with E-state index in [9.17, 15) is 4.79 Å². The molecule has 0 aliphatic carbocycles. The van der Waals surface area contributed by atoms with Crippen LogP contribution >= 0.6 is 0 Å². The number of H-pyrrole nitrogens is 1. The van der Waals surface area contributed by atoms with Gasteiger partial charge in [-0.2, -0.15) is 5.10 Å². The maximum absolute atomic E-state index is 13.1. The number of fused-ring (bicyclic) bond motifs is 1. The molecule has 0 saturated carbocycles. The molecular weight excluding hydrogens is 374 g/mol. The summed E-state index contributed by atoms with van der Waals surface area (Å²) in [5.74, 6) is 0. The number of amides is 2. The lowest BCUT2D eigenvalue weighted by atomic mass is 9.99. The van der Waals surface area contributed by atoms with Crippen molar-refractivity contribution in [1.29, 1.82) is 0 Å². The Morgan fingerprint density at radius 2 is 2.03 bits per heavy atom. The molecule has 1 atom stereocenters. The normalized spacial score (nSPS) is 16.7. The highest BCUT2D eigenvalue weighted by atomic mass is 16.2. The van der Waals surface area contributed by atoms with Gasteiger partial charge < -0.3 is 15.2 Å². The Morgan fingerprint density at radius 1 is 1.10 bits per heavy atom. The van der Waals surface area contributed by atoms with Gasteiger partial charge >= 0.3 is 6.03 Å². The van der Waals surface area contributed by atoms with Gasteiger partial charge in [-0.1, -0.05) is 30.3 Å². The zero-order valence-corrected chi connectivity index (χ0v) is 16.8. The molecule has 30 heavy (non-hydrogen) atoms. The molecule has 1 saturated heterocycles. The fourth-order valence-corrected chi connectivity index (χ4v) is 4.28. The van der Waals surface area contributed by atoms with Gasteiger partial charge in [0.05, 0.1) is 11.7 Å². The number of urea groups is 1. The third-order valence-electron chi connectivity index (χ3n) is 5.80. The number of likely N-dealkylation sites (tertiary alicyclic amines) is 1. The van der Waals surface area contributed by atoms with Gasteiger partial charge in [0.2, 0.25) is 0 Å². The minimum absolute atomic E-state index is 0.0113. The second kappa shape index (κ2) is 8.06. The standard InChI is InChI=1S/C24H25N5O/c30-24(25-17-18-7-5-9-20(15-18)29-14-6-12-26-29)28-13-4-3-11-23(28)22-16-19-8-1-2-10-21(19)27-22/h1-2,5-10,12,14-16,23,27H,3-4,11,13,17H2,(H,25,30). The summed E-state index contributed by atoms with van der Waals surface area (Å²) < 4.78 is 1.82. The first-order valence-electron chi connectivity index (χ1n) is 10.5. The van der Waals surface area contributed by atoms with Crippen LogP contribution in [0.25, 0.3) is 16.6 Å². The van der Waals surface area contributed by atoms with Crippen molar-refractivity contribution in [3.8, 4) is 5.69 Å². The topological polar surface area (TPSA) is 66.0 Å². The molecule has 1 aliphatic rings. The number of nitrogens with one attached hydrogen (secondary N) is 2. The molecule has 5 rings (SSSR count).